The number of hydrogen-bond acceptors (Lipinski definition) is 4. The van der Waals surface area contributed by atoms with E-state index in [4.69, 9.17) is 5.73 Å². The van der Waals surface area contributed by atoms with Gasteiger partial charge in [0.25, 0.3) is 5.91 Å². The van der Waals surface area contributed by atoms with Crippen LogP contribution in [-0.4, -0.2) is 27.6 Å². The fraction of sp³-hybridized carbons (Fsp3) is 0.421. The van der Waals surface area contributed by atoms with E-state index in [1.165, 1.54) is 30.1 Å². The first-order valence-electron chi connectivity index (χ1n) is 9.00. The molecule has 0 unspecified atom stereocenters. The summed E-state index contributed by atoms with van der Waals surface area (Å²) in [5.41, 5.74) is 8.34. The molecule has 0 aliphatic heterocycles. The molecule has 8 heteroatoms. The largest absolute Gasteiger partial charge is 0.399 e. The Hall–Kier alpha value is -2.54. The molecule has 0 saturated heterocycles. The van der Waals surface area contributed by atoms with Crippen molar-refractivity contribution in [3.63, 3.8) is 0 Å². The number of nitrogen functional groups attached to an aromatic ring is 1. The maximum atomic E-state index is 12.4. The summed E-state index contributed by atoms with van der Waals surface area (Å²) in [7, 11) is 0. The van der Waals surface area contributed by atoms with Gasteiger partial charge in [0.05, 0.1) is 11.8 Å². The number of nitrogens with two attached hydrogens (primary N) is 1. The number of benzene rings is 1. The molecule has 1 saturated carbocycles. The Kier molecular flexibility index (Phi) is 7.24. The second kappa shape index (κ2) is 9.41. The van der Waals surface area contributed by atoms with E-state index >= 15 is 0 Å². The van der Waals surface area contributed by atoms with E-state index in [9.17, 15) is 9.59 Å². The van der Waals surface area contributed by atoms with Gasteiger partial charge in [0.1, 0.15) is 6.54 Å². The van der Waals surface area contributed by atoms with Gasteiger partial charge in [-0.15, -0.1) is 12.4 Å². The highest BCUT2D eigenvalue weighted by Gasteiger charge is 2.17. The van der Waals surface area contributed by atoms with Crippen LogP contribution in [0.2, 0.25) is 0 Å². The highest BCUT2D eigenvalue weighted by Crippen LogP contribution is 2.19. The lowest BCUT2D eigenvalue weighted by atomic mass is 9.95. The number of carbonyl (C=O) groups is 2. The average Bonchev–Trinajstić information content (AvgIpc) is 3.07. The first-order chi connectivity index (χ1) is 12.5. The summed E-state index contributed by atoms with van der Waals surface area (Å²) in [6, 6.07) is 5.62. The lowest BCUT2D eigenvalue weighted by molar-refractivity contribution is -0.122. The van der Waals surface area contributed by atoms with Crippen molar-refractivity contribution >= 4 is 35.6 Å². The number of aromatic nitrogens is 2. The van der Waals surface area contributed by atoms with E-state index in [0.717, 1.165) is 18.4 Å². The van der Waals surface area contributed by atoms with Crippen LogP contribution in [0.5, 0.6) is 0 Å². The van der Waals surface area contributed by atoms with Crippen LogP contribution in [-0.2, 0) is 11.3 Å². The van der Waals surface area contributed by atoms with Gasteiger partial charge in [-0.3, -0.25) is 14.3 Å². The summed E-state index contributed by atoms with van der Waals surface area (Å²) in [4.78, 5) is 24.5. The zero-order chi connectivity index (χ0) is 18.5. The van der Waals surface area contributed by atoms with Crippen LogP contribution in [0.1, 0.15) is 48.0 Å². The highest BCUT2D eigenvalue weighted by molar-refractivity contribution is 6.04. The maximum Gasteiger partial charge on any atom is 0.258 e. The molecule has 1 aromatic heterocycles. The van der Waals surface area contributed by atoms with Crippen molar-refractivity contribution in [2.45, 2.75) is 51.6 Å². The molecule has 3 rings (SSSR count). The molecule has 1 aromatic carbocycles. The van der Waals surface area contributed by atoms with Crippen molar-refractivity contribution in [3.05, 3.63) is 41.7 Å². The van der Waals surface area contributed by atoms with Crippen LogP contribution >= 0.6 is 12.4 Å². The van der Waals surface area contributed by atoms with Gasteiger partial charge >= 0.3 is 0 Å². The Morgan fingerprint density at radius 1 is 1.26 bits per heavy atom. The smallest absolute Gasteiger partial charge is 0.258 e. The zero-order valence-corrected chi connectivity index (χ0v) is 16.2. The number of nitrogens with zero attached hydrogens (tertiary/aromatic N) is 2. The van der Waals surface area contributed by atoms with Crippen LogP contribution in [0.15, 0.2) is 30.6 Å². The molecule has 27 heavy (non-hydrogen) atoms. The quantitative estimate of drug-likeness (QED) is 0.682. The summed E-state index contributed by atoms with van der Waals surface area (Å²) >= 11 is 0. The summed E-state index contributed by atoms with van der Waals surface area (Å²) in [6.07, 6.45) is 8.70. The minimum Gasteiger partial charge on any atom is -0.399 e. The number of rotatable bonds is 5. The molecular weight excluding hydrogens is 366 g/mol. The van der Waals surface area contributed by atoms with Crippen LogP contribution in [0.4, 0.5) is 11.4 Å². The van der Waals surface area contributed by atoms with Crippen LogP contribution < -0.4 is 16.4 Å². The van der Waals surface area contributed by atoms with Crippen molar-refractivity contribution < 1.29 is 9.59 Å². The second-order valence-corrected chi connectivity index (χ2v) is 6.86. The molecule has 2 amide bonds. The number of amides is 2. The first kappa shape index (κ1) is 20.8. The minimum atomic E-state index is -0.280. The van der Waals surface area contributed by atoms with Crippen molar-refractivity contribution in [3.8, 4) is 0 Å². The van der Waals surface area contributed by atoms with E-state index in [1.54, 1.807) is 18.3 Å². The van der Waals surface area contributed by atoms with Crippen molar-refractivity contribution in [2.75, 3.05) is 11.1 Å². The van der Waals surface area contributed by atoms with E-state index in [2.05, 4.69) is 15.7 Å². The summed E-state index contributed by atoms with van der Waals surface area (Å²) in [5.74, 6) is -0.351. The number of carbonyl (C=O) groups excluding carboxylic acids is 2. The summed E-state index contributed by atoms with van der Waals surface area (Å²) in [5, 5.41) is 9.99. The third-order valence-electron chi connectivity index (χ3n) is 4.68. The molecule has 0 radical (unpaired) electrons. The number of aryl methyl sites for hydroxylation is 1. The lowest BCUT2D eigenvalue weighted by Crippen LogP contribution is -2.38. The zero-order valence-electron chi connectivity index (χ0n) is 15.4. The normalized spacial score (nSPS) is 14.3. The van der Waals surface area contributed by atoms with Crippen LogP contribution in [0.25, 0.3) is 0 Å². The molecule has 2 aromatic rings. The monoisotopic (exact) mass is 391 g/mol. The molecule has 0 atom stereocenters. The Balaban J connectivity index is 0.00000261. The van der Waals surface area contributed by atoms with Gasteiger partial charge in [0, 0.05) is 23.6 Å². The fourth-order valence-electron chi connectivity index (χ4n) is 3.20. The van der Waals surface area contributed by atoms with Crippen LogP contribution in [0, 0.1) is 6.92 Å². The van der Waals surface area contributed by atoms with Gasteiger partial charge < -0.3 is 16.4 Å². The molecule has 4 N–H and O–H groups in total. The van der Waals surface area contributed by atoms with Gasteiger partial charge in [-0.25, -0.2) is 0 Å². The summed E-state index contributed by atoms with van der Waals surface area (Å²) < 4.78 is 1.49. The second-order valence-electron chi connectivity index (χ2n) is 6.86. The standard InChI is InChI=1S/C19H25N5O2.ClH/c1-13-7-8-15(20)9-17(13)23-19(26)14-10-21-24(11-14)12-18(25)22-16-5-3-2-4-6-16;/h7-11,16H,2-6,12,20H2,1H3,(H,22,25)(H,23,26);1H. The molecule has 1 aliphatic rings. The predicted molar refractivity (Wildman–Crippen MR) is 108 cm³/mol. The first-order valence-corrected chi connectivity index (χ1v) is 9.00. The van der Waals surface area contributed by atoms with Crippen molar-refractivity contribution in [2.24, 2.45) is 0 Å². The van der Waals surface area contributed by atoms with Crippen molar-refractivity contribution in [1.29, 1.82) is 0 Å². The molecule has 1 fully saturated rings. The Bertz CT molecular complexity index is 799. The molecule has 146 valence electrons. The number of nitrogens with one attached hydrogen (secondary N) is 2. The minimum absolute atomic E-state index is 0. The van der Waals surface area contributed by atoms with E-state index in [-0.39, 0.29) is 36.8 Å². The molecule has 1 heterocycles. The van der Waals surface area contributed by atoms with Crippen molar-refractivity contribution in [1.82, 2.24) is 15.1 Å². The van der Waals surface area contributed by atoms with E-state index in [1.807, 2.05) is 13.0 Å². The maximum absolute atomic E-state index is 12.4. The molecular formula is C19H26ClN5O2. The predicted octanol–water partition coefficient (Wildman–Crippen LogP) is 2.90. The fourth-order valence-corrected chi connectivity index (χ4v) is 3.20. The Morgan fingerprint density at radius 3 is 2.74 bits per heavy atom. The van der Waals surface area contributed by atoms with Gasteiger partial charge in [-0.1, -0.05) is 25.3 Å². The van der Waals surface area contributed by atoms with Gasteiger partial charge in [-0.2, -0.15) is 5.10 Å². The van der Waals surface area contributed by atoms with Gasteiger partial charge in [-0.05, 0) is 37.5 Å². The lowest BCUT2D eigenvalue weighted by Gasteiger charge is -2.22. The average molecular weight is 392 g/mol. The van der Waals surface area contributed by atoms with Gasteiger partial charge in [0.2, 0.25) is 5.91 Å². The topological polar surface area (TPSA) is 102 Å². The SMILES string of the molecule is Cc1ccc(N)cc1NC(=O)c1cnn(CC(=O)NC2CCCCC2)c1.Cl. The van der Waals surface area contributed by atoms with Gasteiger partial charge in [0.15, 0.2) is 0 Å². The third-order valence-corrected chi connectivity index (χ3v) is 4.68. The third kappa shape index (κ3) is 5.72. The molecule has 1 aliphatic carbocycles. The number of hydrogen-bond donors (Lipinski definition) is 3. The van der Waals surface area contributed by atoms with Crippen LogP contribution in [0.3, 0.4) is 0 Å². The number of anilines is 2. The highest BCUT2D eigenvalue weighted by atomic mass is 35.5. The molecule has 0 spiro atoms. The molecule has 7 nitrogen and oxygen atoms in total. The number of halogens is 1. The Morgan fingerprint density at radius 2 is 2.00 bits per heavy atom. The van der Waals surface area contributed by atoms with E-state index < -0.39 is 0 Å². The Labute approximate surface area is 165 Å². The van der Waals surface area contributed by atoms with E-state index in [0.29, 0.717) is 16.9 Å². The molecule has 0 bridgehead atoms. The summed E-state index contributed by atoms with van der Waals surface area (Å²) in [6.45, 7) is 2.01.